The first kappa shape index (κ1) is 14.3. The van der Waals surface area contributed by atoms with Crippen LogP contribution in [0, 0.1) is 6.92 Å². The molecule has 4 heteroatoms. The second-order valence-electron chi connectivity index (χ2n) is 4.71. The van der Waals surface area contributed by atoms with E-state index in [0.717, 1.165) is 23.4 Å². The number of nitrogen functional groups attached to an aromatic ring is 1. The van der Waals surface area contributed by atoms with E-state index in [-0.39, 0.29) is 6.04 Å². The minimum atomic E-state index is -0.0238. The van der Waals surface area contributed by atoms with E-state index in [1.54, 1.807) is 13.3 Å². The van der Waals surface area contributed by atoms with Crippen LogP contribution in [0.25, 0.3) is 0 Å². The number of anilines is 1. The van der Waals surface area contributed by atoms with Crippen molar-refractivity contribution in [2.75, 3.05) is 19.4 Å². The van der Waals surface area contributed by atoms with E-state index >= 15 is 0 Å². The van der Waals surface area contributed by atoms with Crippen LogP contribution in [0.15, 0.2) is 36.5 Å². The van der Waals surface area contributed by atoms with Gasteiger partial charge in [0.05, 0.1) is 13.2 Å². The summed E-state index contributed by atoms with van der Waals surface area (Å²) in [5.41, 5.74) is 9.22. The van der Waals surface area contributed by atoms with Crippen LogP contribution in [0.4, 0.5) is 5.82 Å². The highest BCUT2D eigenvalue weighted by molar-refractivity contribution is 5.50. The van der Waals surface area contributed by atoms with Crippen molar-refractivity contribution in [3.05, 3.63) is 53.2 Å². The molecular weight excluding hydrogens is 250 g/mol. The lowest BCUT2D eigenvalue weighted by atomic mass is 9.97. The Balaban J connectivity index is 2.51. The van der Waals surface area contributed by atoms with Crippen molar-refractivity contribution in [3.63, 3.8) is 0 Å². The monoisotopic (exact) mass is 271 g/mol. The van der Waals surface area contributed by atoms with Gasteiger partial charge in [0, 0.05) is 17.3 Å². The highest BCUT2D eigenvalue weighted by atomic mass is 16.5. The number of aryl methyl sites for hydroxylation is 1. The van der Waals surface area contributed by atoms with Crippen molar-refractivity contribution >= 4 is 5.82 Å². The summed E-state index contributed by atoms with van der Waals surface area (Å²) in [4.78, 5) is 4.18. The fourth-order valence-electron chi connectivity index (χ4n) is 2.32. The number of hydrogen-bond acceptors (Lipinski definition) is 4. The molecule has 1 aromatic carbocycles. The van der Waals surface area contributed by atoms with E-state index in [1.807, 2.05) is 25.1 Å². The first-order valence-electron chi connectivity index (χ1n) is 6.75. The molecule has 0 saturated heterocycles. The van der Waals surface area contributed by atoms with Gasteiger partial charge < -0.3 is 15.8 Å². The van der Waals surface area contributed by atoms with Crippen LogP contribution in [0.2, 0.25) is 0 Å². The van der Waals surface area contributed by atoms with Gasteiger partial charge in [0.1, 0.15) is 11.6 Å². The van der Waals surface area contributed by atoms with Gasteiger partial charge in [-0.05, 0) is 31.2 Å². The standard InChI is InChI=1S/C16H21N3O/c1-4-18-15(13-6-5-9-19-16(13)17)12-8-7-11(2)10-14(12)20-3/h5-10,15,18H,4H2,1-3H3,(H2,17,19). The molecule has 20 heavy (non-hydrogen) atoms. The smallest absolute Gasteiger partial charge is 0.128 e. The molecule has 1 unspecified atom stereocenters. The number of pyridine rings is 1. The largest absolute Gasteiger partial charge is 0.496 e. The van der Waals surface area contributed by atoms with Crippen molar-refractivity contribution in [1.82, 2.24) is 10.3 Å². The first-order valence-corrected chi connectivity index (χ1v) is 6.75. The summed E-state index contributed by atoms with van der Waals surface area (Å²) in [7, 11) is 1.69. The minimum Gasteiger partial charge on any atom is -0.496 e. The molecule has 0 aliphatic carbocycles. The molecule has 1 aromatic heterocycles. The van der Waals surface area contributed by atoms with E-state index in [1.165, 1.54) is 5.56 Å². The lowest BCUT2D eigenvalue weighted by Gasteiger charge is -2.22. The van der Waals surface area contributed by atoms with Crippen LogP contribution in [0.3, 0.4) is 0 Å². The van der Waals surface area contributed by atoms with Crippen LogP contribution < -0.4 is 15.8 Å². The van der Waals surface area contributed by atoms with Gasteiger partial charge in [-0.3, -0.25) is 0 Å². The molecule has 3 N–H and O–H groups in total. The number of methoxy groups -OCH3 is 1. The molecule has 4 nitrogen and oxygen atoms in total. The third kappa shape index (κ3) is 2.91. The Morgan fingerprint density at radius 2 is 2.10 bits per heavy atom. The van der Waals surface area contributed by atoms with Gasteiger partial charge in [0.2, 0.25) is 0 Å². The SMILES string of the molecule is CCNC(c1ccc(C)cc1OC)c1cccnc1N. The number of nitrogens with two attached hydrogens (primary N) is 1. The molecular formula is C16H21N3O. The van der Waals surface area contributed by atoms with Crippen molar-refractivity contribution in [2.24, 2.45) is 0 Å². The number of nitrogens with one attached hydrogen (secondary N) is 1. The average molecular weight is 271 g/mol. The number of hydrogen-bond donors (Lipinski definition) is 2. The van der Waals surface area contributed by atoms with Crippen LogP contribution in [0.1, 0.15) is 29.7 Å². The maximum atomic E-state index is 6.02. The normalized spacial score (nSPS) is 12.2. The summed E-state index contributed by atoms with van der Waals surface area (Å²) in [6.45, 7) is 4.95. The second-order valence-corrected chi connectivity index (χ2v) is 4.71. The van der Waals surface area contributed by atoms with Crippen LogP contribution in [-0.4, -0.2) is 18.6 Å². The Bertz CT molecular complexity index is 584. The molecule has 0 amide bonds. The van der Waals surface area contributed by atoms with Crippen LogP contribution in [-0.2, 0) is 0 Å². The molecule has 106 valence electrons. The van der Waals surface area contributed by atoms with Crippen LogP contribution >= 0.6 is 0 Å². The zero-order valence-electron chi connectivity index (χ0n) is 12.2. The van der Waals surface area contributed by atoms with Gasteiger partial charge in [-0.25, -0.2) is 4.98 Å². The summed E-state index contributed by atoms with van der Waals surface area (Å²) >= 11 is 0. The summed E-state index contributed by atoms with van der Waals surface area (Å²) in [5, 5.41) is 3.45. The minimum absolute atomic E-state index is 0.0238. The maximum absolute atomic E-state index is 6.02. The van der Waals surface area contributed by atoms with Crippen molar-refractivity contribution in [1.29, 1.82) is 0 Å². The molecule has 0 radical (unpaired) electrons. The third-order valence-electron chi connectivity index (χ3n) is 3.29. The van der Waals surface area contributed by atoms with E-state index in [9.17, 15) is 0 Å². The fraction of sp³-hybridized carbons (Fsp3) is 0.312. The highest BCUT2D eigenvalue weighted by Gasteiger charge is 2.19. The molecule has 1 atom stereocenters. The van der Waals surface area contributed by atoms with Gasteiger partial charge >= 0.3 is 0 Å². The molecule has 1 heterocycles. The Kier molecular flexibility index (Phi) is 4.58. The summed E-state index contributed by atoms with van der Waals surface area (Å²) < 4.78 is 5.51. The van der Waals surface area contributed by atoms with E-state index in [2.05, 4.69) is 29.4 Å². The predicted molar refractivity (Wildman–Crippen MR) is 81.9 cm³/mol. The second kappa shape index (κ2) is 6.39. The Hall–Kier alpha value is -2.07. The molecule has 0 aliphatic rings. The molecule has 2 rings (SSSR count). The molecule has 0 saturated carbocycles. The zero-order chi connectivity index (χ0) is 14.5. The van der Waals surface area contributed by atoms with E-state index in [0.29, 0.717) is 5.82 Å². The Morgan fingerprint density at radius 1 is 1.30 bits per heavy atom. The lowest BCUT2D eigenvalue weighted by Crippen LogP contribution is -2.23. The van der Waals surface area contributed by atoms with Gasteiger partial charge in [-0.1, -0.05) is 25.1 Å². The van der Waals surface area contributed by atoms with Crippen LogP contribution in [0.5, 0.6) is 5.75 Å². The molecule has 0 fully saturated rings. The number of aromatic nitrogens is 1. The summed E-state index contributed by atoms with van der Waals surface area (Å²) in [6.07, 6.45) is 1.70. The average Bonchev–Trinajstić information content (AvgIpc) is 2.46. The third-order valence-corrected chi connectivity index (χ3v) is 3.29. The van der Waals surface area contributed by atoms with Gasteiger partial charge in [-0.15, -0.1) is 0 Å². The summed E-state index contributed by atoms with van der Waals surface area (Å²) in [5.74, 6) is 1.40. The van der Waals surface area contributed by atoms with Gasteiger partial charge in [0.15, 0.2) is 0 Å². The predicted octanol–water partition coefficient (Wildman–Crippen LogP) is 2.68. The topological polar surface area (TPSA) is 60.2 Å². The summed E-state index contributed by atoms with van der Waals surface area (Å²) in [6, 6.07) is 10.1. The molecule has 2 aromatic rings. The zero-order valence-corrected chi connectivity index (χ0v) is 12.2. The Morgan fingerprint density at radius 3 is 2.75 bits per heavy atom. The number of ether oxygens (including phenoxy) is 1. The lowest BCUT2D eigenvalue weighted by molar-refractivity contribution is 0.404. The van der Waals surface area contributed by atoms with Crippen molar-refractivity contribution < 1.29 is 4.74 Å². The number of rotatable bonds is 5. The number of benzene rings is 1. The van der Waals surface area contributed by atoms with E-state index in [4.69, 9.17) is 10.5 Å². The highest BCUT2D eigenvalue weighted by Crippen LogP contribution is 2.32. The van der Waals surface area contributed by atoms with Gasteiger partial charge in [-0.2, -0.15) is 0 Å². The first-order chi connectivity index (χ1) is 9.67. The molecule has 0 aliphatic heterocycles. The quantitative estimate of drug-likeness (QED) is 0.877. The van der Waals surface area contributed by atoms with Crippen molar-refractivity contribution in [3.8, 4) is 5.75 Å². The number of nitrogens with zero attached hydrogens (tertiary/aromatic N) is 1. The fourth-order valence-corrected chi connectivity index (χ4v) is 2.32. The van der Waals surface area contributed by atoms with E-state index < -0.39 is 0 Å². The van der Waals surface area contributed by atoms with Crippen molar-refractivity contribution in [2.45, 2.75) is 19.9 Å². The Labute approximate surface area is 120 Å². The molecule has 0 spiro atoms. The van der Waals surface area contributed by atoms with Gasteiger partial charge in [0.25, 0.3) is 0 Å². The molecule has 0 bridgehead atoms. The maximum Gasteiger partial charge on any atom is 0.128 e.